The Morgan fingerprint density at radius 2 is 1.37 bits per heavy atom. The number of halogens is 3. The van der Waals surface area contributed by atoms with Crippen LogP contribution in [0.25, 0.3) is 0 Å². The molecule has 0 saturated heterocycles. The zero-order valence-corrected chi connectivity index (χ0v) is 10.2. The topological polar surface area (TPSA) is 46.2 Å². The third kappa shape index (κ3) is 2.87. The van der Waals surface area contributed by atoms with Crippen molar-refractivity contribution in [3.8, 4) is 0 Å². The van der Waals surface area contributed by atoms with Gasteiger partial charge in [0.15, 0.2) is 0 Å². The lowest BCUT2D eigenvalue weighted by Crippen LogP contribution is -2.15. The van der Waals surface area contributed by atoms with Gasteiger partial charge in [0.2, 0.25) is 0 Å². The van der Waals surface area contributed by atoms with Crippen LogP contribution < -0.4 is 4.72 Å². The van der Waals surface area contributed by atoms with Crippen LogP contribution >= 0.6 is 0 Å². The molecule has 0 aliphatic carbocycles. The van der Waals surface area contributed by atoms with E-state index in [0.29, 0.717) is 0 Å². The van der Waals surface area contributed by atoms with Gasteiger partial charge in [0.1, 0.15) is 23.1 Å². The minimum atomic E-state index is -4.17. The van der Waals surface area contributed by atoms with E-state index >= 15 is 0 Å². The van der Waals surface area contributed by atoms with Crippen molar-refractivity contribution in [1.29, 1.82) is 0 Å². The van der Waals surface area contributed by atoms with Crippen molar-refractivity contribution < 1.29 is 21.6 Å². The van der Waals surface area contributed by atoms with Gasteiger partial charge in [-0.1, -0.05) is 6.07 Å². The van der Waals surface area contributed by atoms with E-state index in [9.17, 15) is 21.6 Å². The van der Waals surface area contributed by atoms with Gasteiger partial charge in [0, 0.05) is 0 Å². The molecule has 0 bridgehead atoms. The second-order valence-corrected chi connectivity index (χ2v) is 5.34. The van der Waals surface area contributed by atoms with Crippen molar-refractivity contribution in [2.45, 2.75) is 4.90 Å². The summed E-state index contributed by atoms with van der Waals surface area (Å²) in [6.45, 7) is 0. The predicted molar refractivity (Wildman–Crippen MR) is 63.6 cm³/mol. The molecule has 0 heterocycles. The molecule has 0 spiro atoms. The molecule has 0 aliphatic heterocycles. The van der Waals surface area contributed by atoms with Crippen LogP contribution in [0, 0.1) is 17.5 Å². The molecule has 0 aromatic heterocycles. The van der Waals surface area contributed by atoms with Crippen molar-refractivity contribution >= 4 is 15.7 Å². The monoisotopic (exact) mass is 287 g/mol. The van der Waals surface area contributed by atoms with Crippen LogP contribution in [0.15, 0.2) is 47.4 Å². The highest BCUT2D eigenvalue weighted by Crippen LogP contribution is 2.22. The van der Waals surface area contributed by atoms with E-state index in [1.165, 1.54) is 0 Å². The van der Waals surface area contributed by atoms with Gasteiger partial charge in [-0.25, -0.2) is 21.6 Å². The van der Waals surface area contributed by atoms with Gasteiger partial charge in [-0.3, -0.25) is 4.72 Å². The number of hydrogen-bond acceptors (Lipinski definition) is 2. The normalized spacial score (nSPS) is 11.3. The average Bonchev–Trinajstić information content (AvgIpc) is 2.35. The Hall–Kier alpha value is -2.02. The van der Waals surface area contributed by atoms with Crippen molar-refractivity contribution in [3.63, 3.8) is 0 Å². The molecule has 0 fully saturated rings. The van der Waals surface area contributed by atoms with Gasteiger partial charge >= 0.3 is 0 Å². The van der Waals surface area contributed by atoms with E-state index in [-0.39, 0.29) is 4.90 Å². The Balaban J connectivity index is 2.39. The van der Waals surface area contributed by atoms with Crippen LogP contribution in [-0.2, 0) is 10.0 Å². The smallest absolute Gasteiger partial charge is 0.262 e. The maximum absolute atomic E-state index is 13.3. The molecule has 0 unspecified atom stereocenters. The van der Waals surface area contributed by atoms with Crippen LogP contribution in [0.1, 0.15) is 0 Å². The molecule has 19 heavy (non-hydrogen) atoms. The molecule has 100 valence electrons. The van der Waals surface area contributed by atoms with E-state index in [1.54, 1.807) is 4.72 Å². The van der Waals surface area contributed by atoms with Crippen LogP contribution in [-0.4, -0.2) is 8.42 Å². The Morgan fingerprint density at radius 3 is 1.89 bits per heavy atom. The van der Waals surface area contributed by atoms with Crippen LogP contribution in [0.4, 0.5) is 18.9 Å². The first-order valence-electron chi connectivity index (χ1n) is 5.12. The van der Waals surface area contributed by atoms with Gasteiger partial charge in [0.05, 0.1) is 4.90 Å². The lowest BCUT2D eigenvalue weighted by atomic mass is 10.3. The van der Waals surface area contributed by atoms with Crippen LogP contribution in [0.3, 0.4) is 0 Å². The Kier molecular flexibility index (Phi) is 3.48. The van der Waals surface area contributed by atoms with E-state index in [1.807, 2.05) is 0 Å². The molecule has 0 amide bonds. The zero-order valence-electron chi connectivity index (χ0n) is 9.40. The first-order chi connectivity index (χ1) is 8.90. The fourth-order valence-corrected chi connectivity index (χ4v) is 2.48. The number of nitrogens with one attached hydrogen (secondary N) is 1. The van der Waals surface area contributed by atoms with Gasteiger partial charge in [-0.15, -0.1) is 0 Å². The van der Waals surface area contributed by atoms with E-state index < -0.39 is 33.2 Å². The molecule has 0 saturated carbocycles. The number of sulfonamides is 1. The van der Waals surface area contributed by atoms with Crippen LogP contribution in [0.2, 0.25) is 0 Å². The van der Waals surface area contributed by atoms with Crippen molar-refractivity contribution in [2.24, 2.45) is 0 Å². The Labute approximate surface area is 107 Å². The summed E-state index contributed by atoms with van der Waals surface area (Å²) in [5, 5.41) is 0. The number of para-hydroxylation sites is 1. The Morgan fingerprint density at radius 1 is 0.842 bits per heavy atom. The maximum atomic E-state index is 13.3. The molecule has 0 aliphatic rings. The fraction of sp³-hybridized carbons (Fsp3) is 0. The highest BCUT2D eigenvalue weighted by Gasteiger charge is 2.18. The van der Waals surface area contributed by atoms with Gasteiger partial charge < -0.3 is 0 Å². The summed E-state index contributed by atoms with van der Waals surface area (Å²) < 4.78 is 64.9. The number of rotatable bonds is 3. The summed E-state index contributed by atoms with van der Waals surface area (Å²) in [4.78, 5) is -0.295. The molecule has 0 radical (unpaired) electrons. The third-order valence-corrected chi connectivity index (χ3v) is 3.69. The molecular weight excluding hydrogens is 279 g/mol. The maximum Gasteiger partial charge on any atom is 0.262 e. The third-order valence-electron chi connectivity index (χ3n) is 2.32. The number of benzene rings is 2. The van der Waals surface area contributed by atoms with Crippen molar-refractivity contribution in [2.75, 3.05) is 4.72 Å². The second kappa shape index (κ2) is 4.93. The summed E-state index contributed by atoms with van der Waals surface area (Å²) in [7, 11) is -4.17. The molecule has 2 rings (SSSR count). The highest BCUT2D eigenvalue weighted by atomic mass is 32.2. The quantitative estimate of drug-likeness (QED) is 0.943. The fourth-order valence-electron chi connectivity index (χ4n) is 1.40. The van der Waals surface area contributed by atoms with Gasteiger partial charge in [0.25, 0.3) is 10.0 Å². The number of hydrogen-bond donors (Lipinski definition) is 1. The Bertz CT molecular complexity index is 679. The molecule has 1 N–H and O–H groups in total. The van der Waals surface area contributed by atoms with Crippen LogP contribution in [0.5, 0.6) is 0 Å². The highest BCUT2D eigenvalue weighted by molar-refractivity contribution is 7.92. The lowest BCUT2D eigenvalue weighted by molar-refractivity contribution is 0.582. The van der Waals surface area contributed by atoms with Gasteiger partial charge in [-0.2, -0.15) is 0 Å². The van der Waals surface area contributed by atoms with E-state index in [2.05, 4.69) is 0 Å². The largest absolute Gasteiger partial charge is 0.274 e. The molecule has 2 aromatic carbocycles. The summed E-state index contributed by atoms with van der Waals surface area (Å²) in [5.74, 6) is -2.69. The SMILES string of the molecule is O=S(=O)(Nc1c(F)cccc1F)c1ccc(F)cc1. The van der Waals surface area contributed by atoms with Crippen molar-refractivity contribution in [1.82, 2.24) is 0 Å². The molecule has 7 heteroatoms. The summed E-state index contributed by atoms with van der Waals surface area (Å²) in [5.41, 5.74) is -0.771. The summed E-state index contributed by atoms with van der Waals surface area (Å²) in [6, 6.07) is 6.82. The lowest BCUT2D eigenvalue weighted by Gasteiger charge is -2.09. The van der Waals surface area contributed by atoms with E-state index in [0.717, 1.165) is 42.5 Å². The molecular formula is C12H8F3NO2S. The average molecular weight is 287 g/mol. The van der Waals surface area contributed by atoms with Crippen molar-refractivity contribution in [3.05, 3.63) is 59.9 Å². The molecule has 3 nitrogen and oxygen atoms in total. The summed E-state index contributed by atoms with van der Waals surface area (Å²) >= 11 is 0. The minimum absolute atomic E-state index is 0.295. The molecule has 0 atom stereocenters. The predicted octanol–water partition coefficient (Wildman–Crippen LogP) is 2.90. The van der Waals surface area contributed by atoms with E-state index in [4.69, 9.17) is 0 Å². The first-order valence-corrected chi connectivity index (χ1v) is 6.61. The summed E-state index contributed by atoms with van der Waals surface area (Å²) in [6.07, 6.45) is 0. The number of anilines is 1. The minimum Gasteiger partial charge on any atom is -0.274 e. The molecule has 2 aromatic rings. The first kappa shape index (κ1) is 13.4. The zero-order chi connectivity index (χ0) is 14.0. The standard InChI is InChI=1S/C12H8F3NO2S/c13-8-4-6-9(7-5-8)19(17,18)16-12-10(14)2-1-3-11(12)15/h1-7,16H. The second-order valence-electron chi connectivity index (χ2n) is 3.66. The van der Waals surface area contributed by atoms with Gasteiger partial charge in [-0.05, 0) is 36.4 Å².